The first-order valence-electron chi connectivity index (χ1n) is 8.62. The Hall–Kier alpha value is -2.87. The topological polar surface area (TPSA) is 62.4 Å². The van der Waals surface area contributed by atoms with Gasteiger partial charge in [-0.3, -0.25) is 9.59 Å². The molecule has 8 heteroatoms. The van der Waals surface area contributed by atoms with Crippen LogP contribution in [0.15, 0.2) is 66.1 Å². The number of aromatic nitrogens is 1. The third-order valence-electron chi connectivity index (χ3n) is 4.08. The van der Waals surface area contributed by atoms with Gasteiger partial charge in [-0.1, -0.05) is 24.8 Å². The van der Waals surface area contributed by atoms with Gasteiger partial charge in [0.15, 0.2) is 0 Å². The summed E-state index contributed by atoms with van der Waals surface area (Å²) in [4.78, 5) is 25.7. The lowest BCUT2D eigenvalue weighted by Gasteiger charge is -2.15. The highest BCUT2D eigenvalue weighted by atomic mass is 19.4. The number of benzene rings is 1. The van der Waals surface area contributed by atoms with Gasteiger partial charge in [0.1, 0.15) is 0 Å². The van der Waals surface area contributed by atoms with E-state index >= 15 is 0 Å². The van der Waals surface area contributed by atoms with Gasteiger partial charge in [-0.05, 0) is 36.3 Å². The summed E-state index contributed by atoms with van der Waals surface area (Å²) in [6.07, 6.45) is -0.826. The van der Waals surface area contributed by atoms with Crippen LogP contribution in [0.3, 0.4) is 0 Å². The van der Waals surface area contributed by atoms with Crippen LogP contribution in [0.25, 0.3) is 0 Å². The molecule has 1 fully saturated rings. The highest BCUT2D eigenvalue weighted by Crippen LogP contribution is 2.29. The number of likely N-dealkylation sites (tertiary alicyclic amines) is 1. The Bertz CT molecular complexity index is 814. The van der Waals surface area contributed by atoms with Crippen molar-refractivity contribution in [1.82, 2.24) is 9.88 Å². The van der Waals surface area contributed by atoms with Crippen LogP contribution in [0.4, 0.5) is 13.2 Å². The molecule has 0 aliphatic carbocycles. The van der Waals surface area contributed by atoms with Crippen molar-refractivity contribution in [2.24, 2.45) is 0 Å². The molecular formula is C20H21F3N2O3. The molecule has 2 heterocycles. The van der Waals surface area contributed by atoms with E-state index in [2.05, 4.69) is 11.6 Å². The number of alkyl halides is 3. The van der Waals surface area contributed by atoms with E-state index in [9.17, 15) is 22.8 Å². The molecule has 1 aromatic carbocycles. The lowest BCUT2D eigenvalue weighted by atomic mass is 10.1. The first kappa shape index (κ1) is 21.4. The number of nitrogens with zero attached hydrogens (tertiary/aromatic N) is 1. The van der Waals surface area contributed by atoms with E-state index in [-0.39, 0.29) is 24.2 Å². The van der Waals surface area contributed by atoms with Crippen LogP contribution < -0.4 is 5.56 Å². The smallest absolute Gasteiger partial charge is 0.372 e. The van der Waals surface area contributed by atoms with Gasteiger partial charge in [-0.25, -0.2) is 0 Å². The number of nitrogens with one attached hydrogen (secondary N) is 1. The minimum Gasteiger partial charge on any atom is -0.372 e. The van der Waals surface area contributed by atoms with Crippen molar-refractivity contribution < 1.29 is 22.7 Å². The molecule has 28 heavy (non-hydrogen) atoms. The first-order valence-corrected chi connectivity index (χ1v) is 8.62. The number of ether oxygens (including phenoxy) is 1. The number of carbonyl (C=O) groups excluding carboxylic acids is 1. The largest absolute Gasteiger partial charge is 0.416 e. The minimum absolute atomic E-state index is 0.0532. The predicted octanol–water partition coefficient (Wildman–Crippen LogP) is 3.38. The zero-order valence-electron chi connectivity index (χ0n) is 15.1. The second kappa shape index (κ2) is 9.89. The molecule has 0 spiro atoms. The minimum atomic E-state index is -4.32. The fraction of sp³-hybridized carbons (Fsp3) is 0.300. The Kier molecular flexibility index (Phi) is 7.57. The Morgan fingerprint density at radius 1 is 1.25 bits per heavy atom. The third-order valence-corrected chi connectivity index (χ3v) is 4.08. The summed E-state index contributed by atoms with van der Waals surface area (Å²) in [6, 6.07) is 9.83. The Morgan fingerprint density at radius 3 is 2.46 bits per heavy atom. The summed E-state index contributed by atoms with van der Waals surface area (Å²) in [5.74, 6) is -0.129. The Morgan fingerprint density at radius 2 is 1.96 bits per heavy atom. The van der Waals surface area contributed by atoms with Crippen LogP contribution in [0.5, 0.6) is 0 Å². The Balaban J connectivity index is 0.000000336. The average Bonchev–Trinajstić information content (AvgIpc) is 3.15. The second-order valence-electron chi connectivity index (χ2n) is 6.13. The van der Waals surface area contributed by atoms with Gasteiger partial charge in [0, 0.05) is 25.4 Å². The quantitative estimate of drug-likeness (QED) is 0.809. The molecule has 1 atom stereocenters. The molecule has 1 unspecified atom stereocenters. The zero-order chi connectivity index (χ0) is 20.6. The normalized spacial score (nSPS) is 16.2. The van der Waals surface area contributed by atoms with E-state index < -0.39 is 11.7 Å². The van der Waals surface area contributed by atoms with E-state index in [1.807, 2.05) is 0 Å². The SMILES string of the molecule is C=CC(=O)N1CCC(OCc2ccc(C(F)(F)F)cc2)C1.O=c1cccc[nH]1. The molecule has 150 valence electrons. The molecule has 5 nitrogen and oxygen atoms in total. The van der Waals surface area contributed by atoms with Gasteiger partial charge in [-0.2, -0.15) is 13.2 Å². The number of rotatable bonds is 4. The van der Waals surface area contributed by atoms with E-state index in [1.165, 1.54) is 24.3 Å². The van der Waals surface area contributed by atoms with E-state index in [0.29, 0.717) is 18.7 Å². The van der Waals surface area contributed by atoms with Crippen molar-refractivity contribution in [3.8, 4) is 0 Å². The van der Waals surface area contributed by atoms with Crippen molar-refractivity contribution in [2.45, 2.75) is 25.3 Å². The number of halogens is 3. The summed E-state index contributed by atoms with van der Waals surface area (Å²) >= 11 is 0. The molecule has 1 aromatic heterocycles. The number of hydrogen-bond acceptors (Lipinski definition) is 3. The monoisotopic (exact) mass is 394 g/mol. The molecular weight excluding hydrogens is 373 g/mol. The molecule has 0 radical (unpaired) electrons. The number of pyridine rings is 1. The number of carbonyl (C=O) groups is 1. The number of H-pyrrole nitrogens is 1. The zero-order valence-corrected chi connectivity index (χ0v) is 15.1. The molecule has 2 aromatic rings. The van der Waals surface area contributed by atoms with E-state index in [4.69, 9.17) is 4.74 Å². The fourth-order valence-corrected chi connectivity index (χ4v) is 2.57. The lowest BCUT2D eigenvalue weighted by Crippen LogP contribution is -2.28. The standard InChI is InChI=1S/C15H16F3NO2.C5H5NO/c1-2-14(20)19-8-7-13(9-19)21-10-11-3-5-12(6-4-11)15(16,17)18;7-5-3-1-2-4-6-5/h2-6,13H,1,7-10H2;1-4H,(H,6,7). The first-order chi connectivity index (χ1) is 13.3. The van der Waals surface area contributed by atoms with Crippen molar-refractivity contribution in [3.05, 3.63) is 82.8 Å². The highest BCUT2D eigenvalue weighted by Gasteiger charge is 2.30. The van der Waals surface area contributed by atoms with Crippen LogP contribution >= 0.6 is 0 Å². The average molecular weight is 394 g/mol. The lowest BCUT2D eigenvalue weighted by molar-refractivity contribution is -0.137. The third kappa shape index (κ3) is 6.70. The summed E-state index contributed by atoms with van der Waals surface area (Å²) < 4.78 is 42.9. The molecule has 0 bridgehead atoms. The summed E-state index contributed by atoms with van der Waals surface area (Å²) in [5, 5.41) is 0. The predicted molar refractivity (Wildman–Crippen MR) is 98.5 cm³/mol. The Labute approximate surface area is 160 Å². The van der Waals surface area contributed by atoms with Crippen molar-refractivity contribution in [1.29, 1.82) is 0 Å². The van der Waals surface area contributed by atoms with E-state index in [0.717, 1.165) is 18.6 Å². The summed E-state index contributed by atoms with van der Waals surface area (Å²) in [5.41, 5.74) is -0.0473. The molecule has 0 saturated carbocycles. The van der Waals surface area contributed by atoms with E-state index in [1.54, 1.807) is 23.2 Å². The van der Waals surface area contributed by atoms with Gasteiger partial charge >= 0.3 is 6.18 Å². The van der Waals surface area contributed by atoms with Crippen LogP contribution in [0.2, 0.25) is 0 Å². The van der Waals surface area contributed by atoms with Crippen molar-refractivity contribution in [2.75, 3.05) is 13.1 Å². The molecule has 1 aliphatic rings. The maximum atomic E-state index is 12.4. The molecule has 1 aliphatic heterocycles. The molecule has 1 N–H and O–H groups in total. The van der Waals surface area contributed by atoms with Gasteiger partial charge in [0.25, 0.3) is 0 Å². The van der Waals surface area contributed by atoms with Crippen molar-refractivity contribution >= 4 is 5.91 Å². The van der Waals surface area contributed by atoms with Gasteiger partial charge in [0.05, 0.1) is 18.3 Å². The number of amides is 1. The second-order valence-corrected chi connectivity index (χ2v) is 6.13. The highest BCUT2D eigenvalue weighted by molar-refractivity contribution is 5.87. The van der Waals surface area contributed by atoms with Crippen molar-refractivity contribution in [3.63, 3.8) is 0 Å². The van der Waals surface area contributed by atoms with Crippen LogP contribution in [-0.2, 0) is 22.3 Å². The van der Waals surface area contributed by atoms with Gasteiger partial charge in [-0.15, -0.1) is 0 Å². The summed E-state index contributed by atoms with van der Waals surface area (Å²) in [7, 11) is 0. The van der Waals surface area contributed by atoms with Crippen LogP contribution in [-0.4, -0.2) is 35.0 Å². The molecule has 1 saturated heterocycles. The molecule has 3 rings (SSSR count). The van der Waals surface area contributed by atoms with Gasteiger partial charge in [0.2, 0.25) is 11.5 Å². The van der Waals surface area contributed by atoms with Crippen LogP contribution in [0, 0.1) is 0 Å². The van der Waals surface area contributed by atoms with Crippen LogP contribution in [0.1, 0.15) is 17.5 Å². The molecule has 1 amide bonds. The number of aromatic amines is 1. The summed E-state index contributed by atoms with van der Waals surface area (Å²) in [6.45, 7) is 4.77. The van der Waals surface area contributed by atoms with Gasteiger partial charge < -0.3 is 14.6 Å². The maximum absolute atomic E-state index is 12.4. The maximum Gasteiger partial charge on any atom is 0.416 e. The number of hydrogen-bond donors (Lipinski definition) is 1. The fourth-order valence-electron chi connectivity index (χ4n) is 2.57.